The molecule has 0 fully saturated rings. The molecule has 4 atom stereocenters. The van der Waals surface area contributed by atoms with Crippen LogP contribution in [-0.4, -0.2) is 99.0 Å². The van der Waals surface area contributed by atoms with Crippen molar-refractivity contribution in [1.29, 1.82) is 0 Å². The van der Waals surface area contributed by atoms with Crippen molar-refractivity contribution in [2.75, 3.05) is 36.0 Å². The molecule has 0 spiro atoms. The van der Waals surface area contributed by atoms with E-state index in [0.717, 1.165) is 0 Å². The molecule has 0 radical (unpaired) electrons. The predicted octanol–water partition coefficient (Wildman–Crippen LogP) is 0.0778. The lowest BCUT2D eigenvalue weighted by Gasteiger charge is -2.25. The molecule has 0 aromatic carbocycles. The average molecular weight is 549 g/mol. The van der Waals surface area contributed by atoms with Crippen LogP contribution in [0.3, 0.4) is 0 Å². The van der Waals surface area contributed by atoms with Crippen molar-refractivity contribution in [3.8, 4) is 0 Å². The summed E-state index contributed by atoms with van der Waals surface area (Å²) in [7, 11) is 0. The first-order valence-electron chi connectivity index (χ1n) is 11.1. The second kappa shape index (κ2) is 17.5. The van der Waals surface area contributed by atoms with E-state index in [0.29, 0.717) is 35.8 Å². The molecule has 7 N–H and O–H groups in total. The Hall–Kier alpha value is -1.90. The smallest absolute Gasteiger partial charge is 0.326 e. The molecule has 4 unspecified atom stereocenters. The Balaban J connectivity index is 2.99. The van der Waals surface area contributed by atoms with E-state index in [-0.39, 0.29) is 12.8 Å². The van der Waals surface area contributed by atoms with E-state index < -0.39 is 47.9 Å². The van der Waals surface area contributed by atoms with E-state index in [9.17, 15) is 24.3 Å². The van der Waals surface area contributed by atoms with Gasteiger partial charge in [-0.05, 0) is 55.3 Å². The van der Waals surface area contributed by atoms with E-state index in [1.165, 1.54) is 36.0 Å². The molecule has 35 heavy (non-hydrogen) atoms. The van der Waals surface area contributed by atoms with Crippen molar-refractivity contribution >= 4 is 59.0 Å². The van der Waals surface area contributed by atoms with Gasteiger partial charge in [0.05, 0.1) is 12.4 Å². The fourth-order valence-electron chi connectivity index (χ4n) is 3.02. The zero-order valence-corrected chi connectivity index (χ0v) is 22.7. The minimum Gasteiger partial charge on any atom is -0.480 e. The minimum atomic E-state index is -1.15. The second-order valence-electron chi connectivity index (χ2n) is 7.75. The maximum Gasteiger partial charge on any atom is 0.326 e. The van der Waals surface area contributed by atoms with Gasteiger partial charge in [-0.2, -0.15) is 35.3 Å². The molecule has 198 valence electrons. The number of H-pyrrole nitrogens is 1. The highest BCUT2D eigenvalue weighted by molar-refractivity contribution is 7.98. The predicted molar refractivity (Wildman–Crippen MR) is 143 cm³/mol. The van der Waals surface area contributed by atoms with Gasteiger partial charge in [-0.3, -0.25) is 14.4 Å². The number of thioether (sulfide) groups is 3. The minimum absolute atomic E-state index is 0.0723. The molecule has 3 amide bonds. The van der Waals surface area contributed by atoms with Gasteiger partial charge >= 0.3 is 5.97 Å². The summed E-state index contributed by atoms with van der Waals surface area (Å²) >= 11 is 4.56. The number of imidazole rings is 1. The van der Waals surface area contributed by atoms with Crippen LogP contribution in [0.25, 0.3) is 0 Å². The van der Waals surface area contributed by atoms with Crippen LogP contribution in [0, 0.1) is 0 Å². The number of aromatic amines is 1. The van der Waals surface area contributed by atoms with Gasteiger partial charge in [0.15, 0.2) is 0 Å². The highest BCUT2D eigenvalue weighted by Gasteiger charge is 2.30. The van der Waals surface area contributed by atoms with Gasteiger partial charge in [-0.1, -0.05) is 0 Å². The number of nitrogens with one attached hydrogen (secondary N) is 4. The highest BCUT2D eigenvalue weighted by atomic mass is 32.2. The van der Waals surface area contributed by atoms with E-state index >= 15 is 0 Å². The quantitative estimate of drug-likeness (QED) is 0.147. The molecule has 1 aromatic rings. The Morgan fingerprint density at radius 2 is 1.40 bits per heavy atom. The molecule has 14 heteroatoms. The lowest BCUT2D eigenvalue weighted by Crippen LogP contribution is -2.57. The zero-order chi connectivity index (χ0) is 26.2. The van der Waals surface area contributed by atoms with Crippen LogP contribution in [0.1, 0.15) is 25.0 Å². The van der Waals surface area contributed by atoms with Crippen LogP contribution in [0.2, 0.25) is 0 Å². The van der Waals surface area contributed by atoms with E-state index in [2.05, 4.69) is 25.9 Å². The molecular weight excluding hydrogens is 512 g/mol. The van der Waals surface area contributed by atoms with Gasteiger partial charge in [0, 0.05) is 18.3 Å². The average Bonchev–Trinajstić information content (AvgIpc) is 3.34. The van der Waals surface area contributed by atoms with Crippen molar-refractivity contribution < 1.29 is 24.3 Å². The maximum atomic E-state index is 13.2. The van der Waals surface area contributed by atoms with Crippen LogP contribution >= 0.6 is 35.3 Å². The number of aliphatic carboxylic acids is 1. The number of rotatable bonds is 18. The third-order valence-corrected chi connectivity index (χ3v) is 6.98. The van der Waals surface area contributed by atoms with Gasteiger partial charge in [0.25, 0.3) is 0 Å². The van der Waals surface area contributed by atoms with Crippen molar-refractivity contribution in [1.82, 2.24) is 25.9 Å². The Bertz CT molecular complexity index is 798. The normalized spacial score (nSPS) is 14.4. The van der Waals surface area contributed by atoms with Crippen LogP contribution in [0.4, 0.5) is 0 Å². The molecule has 1 aromatic heterocycles. The molecule has 0 aliphatic carbocycles. The van der Waals surface area contributed by atoms with Crippen molar-refractivity contribution in [3.63, 3.8) is 0 Å². The summed E-state index contributed by atoms with van der Waals surface area (Å²) < 4.78 is 0. The summed E-state index contributed by atoms with van der Waals surface area (Å²) in [5, 5.41) is 17.4. The van der Waals surface area contributed by atoms with Crippen LogP contribution in [-0.2, 0) is 25.6 Å². The van der Waals surface area contributed by atoms with E-state index in [1.54, 1.807) is 11.8 Å². The molecule has 1 rings (SSSR count). The first kappa shape index (κ1) is 31.1. The monoisotopic (exact) mass is 548 g/mol. The number of amides is 3. The highest BCUT2D eigenvalue weighted by Crippen LogP contribution is 2.07. The number of nitrogens with two attached hydrogens (primary N) is 1. The Labute approximate surface area is 218 Å². The van der Waals surface area contributed by atoms with Gasteiger partial charge in [0.2, 0.25) is 17.7 Å². The molecule has 0 saturated carbocycles. The molecule has 1 heterocycles. The maximum absolute atomic E-state index is 13.2. The first-order valence-corrected chi connectivity index (χ1v) is 15.2. The van der Waals surface area contributed by atoms with Crippen molar-refractivity contribution in [2.45, 2.75) is 49.9 Å². The molecule has 0 saturated heterocycles. The number of hydrogen-bond donors (Lipinski definition) is 6. The summed E-state index contributed by atoms with van der Waals surface area (Å²) in [5.41, 5.74) is 6.54. The van der Waals surface area contributed by atoms with Gasteiger partial charge in [0.1, 0.15) is 18.1 Å². The Morgan fingerprint density at radius 1 is 0.886 bits per heavy atom. The molecule has 0 aliphatic rings. The number of carboxylic acids is 1. The van der Waals surface area contributed by atoms with E-state index in [4.69, 9.17) is 5.73 Å². The SMILES string of the molecule is CSCCC(N)C(=O)NC(CCSC)C(=O)NC(Cc1cnc[nH]1)C(=O)NC(CCSC)C(=O)O. The summed E-state index contributed by atoms with van der Waals surface area (Å²) in [6.07, 6.45) is 9.75. The zero-order valence-electron chi connectivity index (χ0n) is 20.2. The summed E-state index contributed by atoms with van der Waals surface area (Å²) in [5.74, 6) is -0.890. The third-order valence-electron chi connectivity index (χ3n) is 5.05. The number of carbonyl (C=O) groups is 4. The topological polar surface area (TPSA) is 179 Å². The van der Waals surface area contributed by atoms with Gasteiger partial charge < -0.3 is 31.8 Å². The Morgan fingerprint density at radius 3 is 1.94 bits per heavy atom. The van der Waals surface area contributed by atoms with Crippen molar-refractivity contribution in [2.24, 2.45) is 5.73 Å². The summed E-state index contributed by atoms with van der Waals surface area (Å²) in [6.45, 7) is 0. The number of carboxylic acid groups (broad SMARTS) is 1. The lowest BCUT2D eigenvalue weighted by molar-refractivity contribution is -0.142. The fourth-order valence-corrected chi connectivity index (χ4v) is 4.45. The van der Waals surface area contributed by atoms with Crippen LogP contribution < -0.4 is 21.7 Å². The summed E-state index contributed by atoms with van der Waals surface area (Å²) in [4.78, 5) is 57.1. The van der Waals surface area contributed by atoms with Crippen LogP contribution in [0.5, 0.6) is 0 Å². The third kappa shape index (κ3) is 12.1. The molecule has 0 aliphatic heterocycles. The van der Waals surface area contributed by atoms with Crippen molar-refractivity contribution in [3.05, 3.63) is 18.2 Å². The van der Waals surface area contributed by atoms with Gasteiger partial charge in [-0.25, -0.2) is 9.78 Å². The molecule has 0 bridgehead atoms. The number of carbonyl (C=O) groups excluding carboxylic acids is 3. The number of aromatic nitrogens is 2. The fraction of sp³-hybridized carbons (Fsp3) is 0.667. The number of hydrogen-bond acceptors (Lipinski definition) is 9. The second-order valence-corrected chi connectivity index (χ2v) is 10.7. The molecule has 11 nitrogen and oxygen atoms in total. The lowest BCUT2D eigenvalue weighted by atomic mass is 10.1. The summed E-state index contributed by atoms with van der Waals surface area (Å²) in [6, 6.07) is -3.79. The van der Waals surface area contributed by atoms with E-state index in [1.807, 2.05) is 18.8 Å². The molecular formula is C21H36N6O5S3. The number of nitrogens with zero attached hydrogens (tertiary/aromatic N) is 1. The van der Waals surface area contributed by atoms with Crippen LogP contribution in [0.15, 0.2) is 12.5 Å². The standard InChI is InChI=1S/C21H36N6O5S3/c1-33-7-4-14(22)18(28)25-15(5-8-34-2)19(29)27-17(10-13-11-23-12-24-13)20(30)26-16(21(31)32)6-9-35-3/h11-12,14-17H,4-10,22H2,1-3H3,(H,23,24)(H,25,28)(H,26,30)(H,27,29)(H,31,32). The Kier molecular flexibility index (Phi) is 15.6. The first-order chi connectivity index (χ1) is 16.7. The largest absolute Gasteiger partial charge is 0.480 e. The van der Waals surface area contributed by atoms with Gasteiger partial charge in [-0.15, -0.1) is 0 Å².